The maximum Gasteiger partial charge on any atom is 0.160 e. The van der Waals surface area contributed by atoms with E-state index >= 15 is 0 Å². The van der Waals surface area contributed by atoms with E-state index in [-0.39, 0.29) is 5.82 Å². The Labute approximate surface area is 80.3 Å². The van der Waals surface area contributed by atoms with Gasteiger partial charge in [0, 0.05) is 5.69 Å². The van der Waals surface area contributed by atoms with Crippen LogP contribution in [0.25, 0.3) is 10.2 Å². The molecule has 2 N–H and O–H groups in total. The maximum atomic E-state index is 13.1. The van der Waals surface area contributed by atoms with E-state index in [1.807, 2.05) is 0 Å². The Morgan fingerprint density at radius 3 is 3.00 bits per heavy atom. The van der Waals surface area contributed by atoms with Crippen molar-refractivity contribution in [3.05, 3.63) is 21.9 Å². The number of hydrogen-bond donors (Lipinski definition) is 1. The van der Waals surface area contributed by atoms with Gasteiger partial charge in [0.15, 0.2) is 9.73 Å². The second-order valence-corrected chi connectivity index (χ2v) is 4.62. The topological polar surface area (TPSA) is 38.9 Å². The zero-order chi connectivity index (χ0) is 8.72. The lowest BCUT2D eigenvalue weighted by molar-refractivity contribution is 0.638. The number of anilines is 1. The molecule has 2 rings (SSSR count). The zero-order valence-electron chi connectivity index (χ0n) is 5.84. The van der Waals surface area contributed by atoms with Crippen LogP contribution >= 0.6 is 27.3 Å². The smallest absolute Gasteiger partial charge is 0.160 e. The summed E-state index contributed by atoms with van der Waals surface area (Å²) in [5, 5.41) is 0. The fourth-order valence-electron chi connectivity index (χ4n) is 0.982. The highest BCUT2D eigenvalue weighted by Crippen LogP contribution is 2.29. The van der Waals surface area contributed by atoms with Gasteiger partial charge < -0.3 is 5.73 Å². The first kappa shape index (κ1) is 7.94. The first-order valence-corrected chi connectivity index (χ1v) is 4.79. The number of benzene rings is 1. The van der Waals surface area contributed by atoms with Gasteiger partial charge in [-0.2, -0.15) is 0 Å². The van der Waals surface area contributed by atoms with Crippen LogP contribution in [0.4, 0.5) is 10.1 Å². The molecule has 5 heteroatoms. The van der Waals surface area contributed by atoms with Crippen LogP contribution in [-0.4, -0.2) is 4.98 Å². The molecule has 0 bridgehead atoms. The molecule has 0 fully saturated rings. The first-order valence-electron chi connectivity index (χ1n) is 3.18. The number of thiazole rings is 1. The third-order valence-corrected chi connectivity index (χ3v) is 2.90. The summed E-state index contributed by atoms with van der Waals surface area (Å²) in [6.07, 6.45) is 0. The molecule has 2 nitrogen and oxygen atoms in total. The normalized spacial score (nSPS) is 10.8. The predicted molar refractivity (Wildman–Crippen MR) is 51.7 cm³/mol. The van der Waals surface area contributed by atoms with Crippen molar-refractivity contribution in [2.45, 2.75) is 0 Å². The summed E-state index contributed by atoms with van der Waals surface area (Å²) in [5.74, 6) is -0.369. The van der Waals surface area contributed by atoms with E-state index in [0.29, 0.717) is 15.1 Å². The standard InChI is InChI=1S/C7H4BrFN2S/c8-7-11-6-4(9)1-3(10)2-5(6)12-7/h1-2H,10H2. The van der Waals surface area contributed by atoms with Crippen LogP contribution in [0.2, 0.25) is 0 Å². The zero-order valence-corrected chi connectivity index (χ0v) is 8.25. The number of nitrogen functional groups attached to an aromatic ring is 1. The number of rotatable bonds is 0. The SMILES string of the molecule is Nc1cc(F)c2nc(Br)sc2c1. The Balaban J connectivity index is 2.88. The van der Waals surface area contributed by atoms with Crippen molar-refractivity contribution in [1.82, 2.24) is 4.98 Å². The highest BCUT2D eigenvalue weighted by Gasteiger charge is 2.07. The van der Waals surface area contributed by atoms with Crippen molar-refractivity contribution < 1.29 is 4.39 Å². The molecular weight excluding hydrogens is 243 g/mol. The maximum absolute atomic E-state index is 13.1. The summed E-state index contributed by atoms with van der Waals surface area (Å²) in [4.78, 5) is 3.96. The first-order chi connectivity index (χ1) is 5.66. The highest BCUT2D eigenvalue weighted by molar-refractivity contribution is 9.11. The highest BCUT2D eigenvalue weighted by atomic mass is 79.9. The summed E-state index contributed by atoms with van der Waals surface area (Å²) in [6.45, 7) is 0. The molecule has 0 spiro atoms. The van der Waals surface area contributed by atoms with Crippen molar-refractivity contribution in [2.24, 2.45) is 0 Å². The molecule has 12 heavy (non-hydrogen) atoms. The molecule has 1 aromatic heterocycles. The molecule has 0 aliphatic heterocycles. The van der Waals surface area contributed by atoms with Gasteiger partial charge in [-0.15, -0.1) is 11.3 Å². The molecule has 2 aromatic rings. The number of fused-ring (bicyclic) bond motifs is 1. The molecule has 0 atom stereocenters. The molecule has 0 saturated heterocycles. The molecular formula is C7H4BrFN2S. The Hall–Kier alpha value is -0.680. The van der Waals surface area contributed by atoms with Gasteiger partial charge in [-0.3, -0.25) is 0 Å². The molecule has 1 heterocycles. The summed E-state index contributed by atoms with van der Waals surface area (Å²) >= 11 is 4.55. The van der Waals surface area contributed by atoms with Crippen LogP contribution in [0.3, 0.4) is 0 Å². The van der Waals surface area contributed by atoms with Crippen molar-refractivity contribution in [2.75, 3.05) is 5.73 Å². The fraction of sp³-hybridized carbons (Fsp3) is 0. The van der Waals surface area contributed by atoms with E-state index < -0.39 is 0 Å². The fourth-order valence-corrected chi connectivity index (χ4v) is 2.44. The largest absolute Gasteiger partial charge is 0.399 e. The lowest BCUT2D eigenvalue weighted by Gasteiger charge is -1.92. The van der Waals surface area contributed by atoms with E-state index in [1.165, 1.54) is 17.4 Å². The summed E-state index contributed by atoms with van der Waals surface area (Å²) in [5.41, 5.74) is 6.26. The minimum absolute atomic E-state index is 0.369. The minimum atomic E-state index is -0.369. The van der Waals surface area contributed by atoms with Gasteiger partial charge in [-0.05, 0) is 28.1 Å². The van der Waals surface area contributed by atoms with E-state index in [2.05, 4.69) is 20.9 Å². The second-order valence-electron chi connectivity index (χ2n) is 2.32. The Bertz CT molecular complexity index is 440. The second kappa shape index (κ2) is 2.67. The third kappa shape index (κ3) is 1.19. The average molecular weight is 247 g/mol. The molecule has 0 radical (unpaired) electrons. The molecule has 0 amide bonds. The van der Waals surface area contributed by atoms with Crippen LogP contribution in [0, 0.1) is 5.82 Å². The van der Waals surface area contributed by atoms with E-state index in [0.717, 1.165) is 4.70 Å². The Morgan fingerprint density at radius 1 is 1.50 bits per heavy atom. The molecule has 0 saturated carbocycles. The predicted octanol–water partition coefficient (Wildman–Crippen LogP) is 2.78. The van der Waals surface area contributed by atoms with Crippen LogP contribution in [0.15, 0.2) is 16.0 Å². The van der Waals surface area contributed by atoms with Crippen molar-refractivity contribution >= 4 is 43.2 Å². The number of aromatic nitrogens is 1. The Morgan fingerprint density at radius 2 is 2.25 bits per heavy atom. The quantitative estimate of drug-likeness (QED) is 0.727. The number of nitrogens with zero attached hydrogens (tertiary/aromatic N) is 1. The third-order valence-electron chi connectivity index (χ3n) is 1.44. The molecule has 0 aliphatic rings. The van der Waals surface area contributed by atoms with Crippen LogP contribution in [0.1, 0.15) is 0 Å². The molecule has 62 valence electrons. The van der Waals surface area contributed by atoms with E-state index in [4.69, 9.17) is 5.73 Å². The molecule has 1 aromatic carbocycles. The van der Waals surface area contributed by atoms with Gasteiger partial charge in [-0.25, -0.2) is 9.37 Å². The summed E-state index contributed by atoms with van der Waals surface area (Å²) < 4.78 is 14.5. The van der Waals surface area contributed by atoms with Gasteiger partial charge in [0.1, 0.15) is 5.52 Å². The van der Waals surface area contributed by atoms with Crippen molar-refractivity contribution in [3.63, 3.8) is 0 Å². The van der Waals surface area contributed by atoms with Crippen molar-refractivity contribution in [1.29, 1.82) is 0 Å². The van der Waals surface area contributed by atoms with Gasteiger partial charge in [0.2, 0.25) is 0 Å². The minimum Gasteiger partial charge on any atom is -0.399 e. The van der Waals surface area contributed by atoms with Gasteiger partial charge in [0.05, 0.1) is 4.70 Å². The van der Waals surface area contributed by atoms with Crippen molar-refractivity contribution in [3.8, 4) is 0 Å². The van der Waals surface area contributed by atoms with Gasteiger partial charge in [0.25, 0.3) is 0 Å². The van der Waals surface area contributed by atoms with E-state index in [1.54, 1.807) is 6.07 Å². The van der Waals surface area contributed by atoms with Gasteiger partial charge in [-0.1, -0.05) is 0 Å². The lowest BCUT2D eigenvalue weighted by atomic mass is 10.3. The monoisotopic (exact) mass is 246 g/mol. The average Bonchev–Trinajstić information content (AvgIpc) is 2.29. The number of hydrogen-bond acceptors (Lipinski definition) is 3. The van der Waals surface area contributed by atoms with Crippen LogP contribution < -0.4 is 5.73 Å². The van der Waals surface area contributed by atoms with Crippen LogP contribution in [-0.2, 0) is 0 Å². The molecule has 0 aliphatic carbocycles. The summed E-state index contributed by atoms with van der Waals surface area (Å²) in [6, 6.07) is 2.98. The molecule has 0 unspecified atom stereocenters. The van der Waals surface area contributed by atoms with Gasteiger partial charge >= 0.3 is 0 Å². The summed E-state index contributed by atoms with van der Waals surface area (Å²) in [7, 11) is 0. The number of nitrogens with two attached hydrogens (primary N) is 1. The lowest BCUT2D eigenvalue weighted by Crippen LogP contribution is -1.86. The van der Waals surface area contributed by atoms with Crippen LogP contribution in [0.5, 0.6) is 0 Å². The number of halogens is 2. The van der Waals surface area contributed by atoms with E-state index in [9.17, 15) is 4.39 Å². The Kier molecular flexibility index (Phi) is 1.77.